The number of hydrogen-bond acceptors (Lipinski definition) is 3. The quantitative estimate of drug-likeness (QED) is 0.892. The third-order valence-corrected chi connectivity index (χ3v) is 4.31. The normalized spacial score (nSPS) is 24.6. The Balaban J connectivity index is 1.94. The second kappa shape index (κ2) is 5.65. The van der Waals surface area contributed by atoms with Crippen LogP contribution in [0.15, 0.2) is 17.5 Å². The molecule has 1 N–H and O–H groups in total. The summed E-state index contributed by atoms with van der Waals surface area (Å²) in [6, 6.07) is 4.12. The summed E-state index contributed by atoms with van der Waals surface area (Å²) in [5, 5.41) is 5.39. The van der Waals surface area contributed by atoms with Gasteiger partial charge in [-0.05, 0) is 36.9 Å². The van der Waals surface area contributed by atoms with E-state index in [9.17, 15) is 4.79 Å². The van der Waals surface area contributed by atoms with Crippen molar-refractivity contribution in [2.45, 2.75) is 19.9 Å². The summed E-state index contributed by atoms with van der Waals surface area (Å²) < 4.78 is 0. The molecule has 2 atom stereocenters. The highest BCUT2D eigenvalue weighted by Crippen LogP contribution is 2.22. The molecule has 0 saturated carbocycles. The molecular weight excluding hydrogens is 232 g/mol. The fourth-order valence-corrected chi connectivity index (χ4v) is 3.14. The summed E-state index contributed by atoms with van der Waals surface area (Å²) >= 11 is 1.71. The summed E-state index contributed by atoms with van der Waals surface area (Å²) in [4.78, 5) is 15.5. The molecule has 0 radical (unpaired) electrons. The van der Waals surface area contributed by atoms with E-state index in [1.165, 1.54) is 4.88 Å². The van der Waals surface area contributed by atoms with Gasteiger partial charge in [-0.25, -0.2) is 0 Å². The first-order chi connectivity index (χ1) is 8.18. The van der Waals surface area contributed by atoms with Crippen molar-refractivity contribution in [1.29, 1.82) is 0 Å². The molecule has 0 aromatic carbocycles. The van der Waals surface area contributed by atoms with Gasteiger partial charge in [-0.2, -0.15) is 0 Å². The molecule has 94 valence electrons. The van der Waals surface area contributed by atoms with Crippen molar-refractivity contribution in [3.05, 3.63) is 22.4 Å². The van der Waals surface area contributed by atoms with Crippen molar-refractivity contribution < 1.29 is 4.79 Å². The molecule has 2 rings (SSSR count). The number of hydrogen-bond donors (Lipinski definition) is 1. The third-order valence-electron chi connectivity index (χ3n) is 3.45. The highest BCUT2D eigenvalue weighted by atomic mass is 32.1. The van der Waals surface area contributed by atoms with Crippen molar-refractivity contribution >= 4 is 17.2 Å². The lowest BCUT2D eigenvalue weighted by Crippen LogP contribution is -2.43. The van der Waals surface area contributed by atoms with Crippen LogP contribution in [0.25, 0.3) is 0 Å². The zero-order valence-corrected chi connectivity index (χ0v) is 11.3. The molecule has 1 aromatic heterocycles. The minimum absolute atomic E-state index is 0.196. The van der Waals surface area contributed by atoms with E-state index in [2.05, 4.69) is 23.7 Å². The predicted molar refractivity (Wildman–Crippen MR) is 70.9 cm³/mol. The highest BCUT2D eigenvalue weighted by Gasteiger charge is 2.29. The van der Waals surface area contributed by atoms with E-state index >= 15 is 0 Å². The molecule has 1 fully saturated rings. The number of carbonyl (C=O) groups excluding carboxylic acids is 1. The molecule has 0 bridgehead atoms. The largest absolute Gasteiger partial charge is 0.340 e. The van der Waals surface area contributed by atoms with Gasteiger partial charge in [0.05, 0.1) is 6.54 Å². The maximum Gasteiger partial charge on any atom is 0.226 e. The molecule has 1 aliphatic heterocycles. The van der Waals surface area contributed by atoms with Crippen LogP contribution < -0.4 is 5.32 Å². The Kier molecular flexibility index (Phi) is 4.18. The Hall–Kier alpha value is -0.870. The Bertz CT molecular complexity index is 364. The number of carbonyl (C=O) groups is 1. The van der Waals surface area contributed by atoms with Crippen molar-refractivity contribution in [3.8, 4) is 0 Å². The van der Waals surface area contributed by atoms with Gasteiger partial charge in [0.15, 0.2) is 0 Å². The molecule has 4 heteroatoms. The maximum absolute atomic E-state index is 12.3. The van der Waals surface area contributed by atoms with Crippen LogP contribution in [0.3, 0.4) is 0 Å². The lowest BCUT2D eigenvalue weighted by atomic mass is 9.87. The van der Waals surface area contributed by atoms with E-state index in [1.807, 2.05) is 18.0 Å². The van der Waals surface area contributed by atoms with E-state index in [1.54, 1.807) is 11.3 Å². The molecule has 17 heavy (non-hydrogen) atoms. The number of nitrogens with zero attached hydrogens (tertiary/aromatic N) is 1. The van der Waals surface area contributed by atoms with Gasteiger partial charge < -0.3 is 10.2 Å². The van der Waals surface area contributed by atoms with Crippen molar-refractivity contribution in [1.82, 2.24) is 10.2 Å². The lowest BCUT2D eigenvalue weighted by Gasteiger charge is -2.31. The van der Waals surface area contributed by atoms with Gasteiger partial charge in [0, 0.05) is 17.8 Å². The minimum atomic E-state index is 0.196. The zero-order chi connectivity index (χ0) is 12.3. The van der Waals surface area contributed by atoms with Crippen LogP contribution in [0.4, 0.5) is 0 Å². The van der Waals surface area contributed by atoms with Gasteiger partial charge >= 0.3 is 0 Å². The van der Waals surface area contributed by atoms with Crippen LogP contribution in [0.2, 0.25) is 0 Å². The number of thiophene rings is 1. The second-order valence-corrected chi connectivity index (χ2v) is 5.88. The van der Waals surface area contributed by atoms with E-state index < -0.39 is 0 Å². The van der Waals surface area contributed by atoms with Crippen molar-refractivity contribution in [2.24, 2.45) is 11.8 Å². The maximum atomic E-state index is 12.3. The Morgan fingerprint density at radius 3 is 3.12 bits per heavy atom. The van der Waals surface area contributed by atoms with Crippen LogP contribution in [-0.4, -0.2) is 30.9 Å². The van der Waals surface area contributed by atoms with Crippen LogP contribution in [0.5, 0.6) is 0 Å². The standard InChI is InChI=1S/C13H20N2OS/c1-10-8-14-6-5-12(10)13(16)15(2)9-11-4-3-7-17-11/h3-4,7,10,12,14H,5-6,8-9H2,1-2H3. The molecule has 1 saturated heterocycles. The monoisotopic (exact) mass is 252 g/mol. The Morgan fingerprint density at radius 2 is 2.47 bits per heavy atom. The molecule has 1 amide bonds. The first-order valence-corrected chi connectivity index (χ1v) is 7.04. The van der Waals surface area contributed by atoms with Crippen LogP contribution in [0.1, 0.15) is 18.2 Å². The average Bonchev–Trinajstić information content (AvgIpc) is 2.81. The summed E-state index contributed by atoms with van der Waals surface area (Å²) in [5.74, 6) is 0.940. The third kappa shape index (κ3) is 3.07. The minimum Gasteiger partial charge on any atom is -0.340 e. The van der Waals surface area contributed by atoms with Gasteiger partial charge in [0.25, 0.3) is 0 Å². The first kappa shape index (κ1) is 12.6. The topological polar surface area (TPSA) is 32.3 Å². The Labute approximate surface area is 107 Å². The number of rotatable bonds is 3. The van der Waals surface area contributed by atoms with Crippen molar-refractivity contribution in [3.63, 3.8) is 0 Å². The summed E-state index contributed by atoms with van der Waals surface area (Å²) in [6.07, 6.45) is 0.967. The number of piperidine rings is 1. The Morgan fingerprint density at radius 1 is 1.65 bits per heavy atom. The molecule has 0 spiro atoms. The second-order valence-electron chi connectivity index (χ2n) is 4.85. The van der Waals surface area contributed by atoms with Gasteiger partial charge in [-0.15, -0.1) is 11.3 Å². The molecule has 0 aliphatic carbocycles. The first-order valence-electron chi connectivity index (χ1n) is 6.16. The fraction of sp³-hybridized carbons (Fsp3) is 0.615. The molecule has 2 unspecified atom stereocenters. The molecular formula is C13H20N2OS. The number of amides is 1. The van der Waals surface area contributed by atoms with Crippen molar-refractivity contribution in [2.75, 3.05) is 20.1 Å². The van der Waals surface area contributed by atoms with E-state index in [0.717, 1.165) is 26.1 Å². The van der Waals surface area contributed by atoms with Crippen LogP contribution in [-0.2, 0) is 11.3 Å². The molecule has 1 aromatic rings. The average molecular weight is 252 g/mol. The van der Waals surface area contributed by atoms with E-state index in [4.69, 9.17) is 0 Å². The van der Waals surface area contributed by atoms with Gasteiger partial charge in [-0.1, -0.05) is 13.0 Å². The molecule has 1 aliphatic rings. The van der Waals surface area contributed by atoms with Gasteiger partial charge in [0.2, 0.25) is 5.91 Å². The van der Waals surface area contributed by atoms with E-state index in [0.29, 0.717) is 11.8 Å². The zero-order valence-electron chi connectivity index (χ0n) is 10.5. The van der Waals surface area contributed by atoms with Gasteiger partial charge in [-0.3, -0.25) is 4.79 Å². The molecule has 3 nitrogen and oxygen atoms in total. The van der Waals surface area contributed by atoms with Gasteiger partial charge in [0.1, 0.15) is 0 Å². The summed E-state index contributed by atoms with van der Waals surface area (Å²) in [6.45, 7) is 4.83. The van der Waals surface area contributed by atoms with E-state index in [-0.39, 0.29) is 5.92 Å². The molecule has 2 heterocycles. The van der Waals surface area contributed by atoms with Crippen LogP contribution >= 0.6 is 11.3 Å². The lowest BCUT2D eigenvalue weighted by molar-refractivity contribution is -0.137. The summed E-state index contributed by atoms with van der Waals surface area (Å²) in [5.41, 5.74) is 0. The highest BCUT2D eigenvalue weighted by molar-refractivity contribution is 7.09. The predicted octanol–water partition coefficient (Wildman–Crippen LogP) is 1.95. The smallest absolute Gasteiger partial charge is 0.226 e. The SMILES string of the molecule is CC1CNCCC1C(=O)N(C)Cc1cccs1. The fourth-order valence-electron chi connectivity index (χ4n) is 2.38. The number of nitrogens with one attached hydrogen (secondary N) is 1. The summed E-state index contributed by atoms with van der Waals surface area (Å²) in [7, 11) is 1.91. The van der Waals surface area contributed by atoms with Crippen LogP contribution in [0, 0.1) is 11.8 Å².